The largest absolute Gasteiger partial charge is 0.390 e. The second kappa shape index (κ2) is 10.4. The normalized spacial score (nSPS) is 22.8. The highest BCUT2D eigenvalue weighted by molar-refractivity contribution is 5.62. The van der Waals surface area contributed by atoms with Crippen LogP contribution in [0.25, 0.3) is 0 Å². The van der Waals surface area contributed by atoms with Gasteiger partial charge < -0.3 is 25.0 Å². The first-order valence-corrected chi connectivity index (χ1v) is 13.0. The molecule has 0 spiro atoms. The maximum atomic E-state index is 11.1. The lowest BCUT2D eigenvalue weighted by Crippen LogP contribution is -2.55. The van der Waals surface area contributed by atoms with E-state index in [9.17, 15) is 5.11 Å². The number of fused-ring (bicyclic) bond motifs is 1. The van der Waals surface area contributed by atoms with E-state index in [0.29, 0.717) is 6.54 Å². The summed E-state index contributed by atoms with van der Waals surface area (Å²) in [5.74, 6) is 1.60. The number of aliphatic hydroxyl groups excluding tert-OH is 1. The summed E-state index contributed by atoms with van der Waals surface area (Å²) in [6.07, 6.45) is 3.15. The highest BCUT2D eigenvalue weighted by Gasteiger charge is 2.34. The van der Waals surface area contributed by atoms with Gasteiger partial charge in [0.25, 0.3) is 0 Å². The van der Waals surface area contributed by atoms with Crippen molar-refractivity contribution in [1.82, 2.24) is 14.9 Å². The monoisotopic (exact) mass is 486 g/mol. The summed E-state index contributed by atoms with van der Waals surface area (Å²) in [7, 11) is 0. The predicted molar refractivity (Wildman–Crippen MR) is 142 cm³/mol. The lowest BCUT2D eigenvalue weighted by molar-refractivity contribution is 0.0293. The van der Waals surface area contributed by atoms with E-state index in [2.05, 4.69) is 78.5 Å². The number of nitrogens with zero attached hydrogens (tertiary/aromatic N) is 5. The van der Waals surface area contributed by atoms with Crippen molar-refractivity contribution in [2.75, 3.05) is 61.1 Å². The van der Waals surface area contributed by atoms with Crippen LogP contribution < -0.4 is 15.1 Å². The van der Waals surface area contributed by atoms with Crippen LogP contribution in [0.4, 0.5) is 23.0 Å². The molecule has 8 heteroatoms. The van der Waals surface area contributed by atoms with E-state index in [4.69, 9.17) is 4.74 Å². The number of nitrogens with one attached hydrogen (secondary N) is 1. The van der Waals surface area contributed by atoms with Crippen molar-refractivity contribution in [2.45, 2.75) is 31.5 Å². The Labute approximate surface area is 212 Å². The lowest BCUT2D eigenvalue weighted by atomic mass is 9.94. The molecule has 0 saturated carbocycles. The Morgan fingerprint density at radius 3 is 2.50 bits per heavy atom. The summed E-state index contributed by atoms with van der Waals surface area (Å²) in [6.45, 7) is 6.78. The number of aromatic nitrogens is 2. The van der Waals surface area contributed by atoms with Gasteiger partial charge in [-0.3, -0.25) is 4.90 Å². The molecule has 8 nitrogen and oxygen atoms in total. The Bertz CT molecular complexity index is 1170. The van der Waals surface area contributed by atoms with E-state index in [1.54, 1.807) is 6.33 Å². The van der Waals surface area contributed by atoms with Crippen molar-refractivity contribution in [3.05, 3.63) is 72.1 Å². The van der Waals surface area contributed by atoms with E-state index < -0.39 is 6.10 Å². The van der Waals surface area contributed by atoms with Crippen LogP contribution in [0.5, 0.6) is 0 Å². The smallest absolute Gasteiger partial charge is 0.135 e. The molecule has 2 saturated heterocycles. The number of morpholine rings is 1. The molecule has 2 atom stereocenters. The summed E-state index contributed by atoms with van der Waals surface area (Å²) in [5, 5.41) is 14.5. The number of anilines is 4. The summed E-state index contributed by atoms with van der Waals surface area (Å²) < 4.78 is 5.45. The number of rotatable bonds is 5. The van der Waals surface area contributed by atoms with E-state index in [1.807, 2.05) is 6.07 Å². The average Bonchev–Trinajstić information content (AvgIpc) is 2.94. The van der Waals surface area contributed by atoms with Crippen LogP contribution in [0.1, 0.15) is 17.5 Å². The van der Waals surface area contributed by atoms with Gasteiger partial charge in [0.15, 0.2) is 0 Å². The maximum absolute atomic E-state index is 11.1. The summed E-state index contributed by atoms with van der Waals surface area (Å²) in [6, 6.07) is 19.3. The molecular weight excluding hydrogens is 452 g/mol. The molecular formula is C28H34N6O2. The van der Waals surface area contributed by atoms with Crippen LogP contribution in [0.3, 0.4) is 0 Å². The Kier molecular flexibility index (Phi) is 6.72. The summed E-state index contributed by atoms with van der Waals surface area (Å²) in [5.41, 5.74) is 5.03. The number of benzene rings is 2. The fraction of sp³-hybridized carbons (Fsp3) is 0.429. The van der Waals surface area contributed by atoms with Crippen molar-refractivity contribution in [3.63, 3.8) is 0 Å². The Hall–Kier alpha value is -3.20. The minimum atomic E-state index is -0.414. The first-order valence-electron chi connectivity index (χ1n) is 13.0. The van der Waals surface area contributed by atoms with Crippen molar-refractivity contribution in [1.29, 1.82) is 0 Å². The van der Waals surface area contributed by atoms with E-state index in [-0.39, 0.29) is 6.04 Å². The molecule has 3 aromatic rings. The molecule has 36 heavy (non-hydrogen) atoms. The molecule has 0 bridgehead atoms. The zero-order chi connectivity index (χ0) is 24.3. The minimum absolute atomic E-state index is 0.180. The van der Waals surface area contributed by atoms with Crippen LogP contribution in [0.15, 0.2) is 60.9 Å². The van der Waals surface area contributed by atoms with E-state index in [0.717, 1.165) is 76.1 Å². The van der Waals surface area contributed by atoms with Crippen molar-refractivity contribution >= 4 is 23.0 Å². The molecule has 3 aliphatic rings. The molecule has 0 radical (unpaired) electrons. The van der Waals surface area contributed by atoms with Gasteiger partial charge in [-0.25, -0.2) is 9.97 Å². The van der Waals surface area contributed by atoms with Gasteiger partial charge in [0, 0.05) is 62.8 Å². The molecule has 0 aliphatic carbocycles. The second-order valence-electron chi connectivity index (χ2n) is 9.89. The van der Waals surface area contributed by atoms with Gasteiger partial charge in [-0.15, -0.1) is 0 Å². The SMILES string of the molecule is O[C@@H]1CN(c2cc(Nc3ccc(N4CCOCC4)cc3)ncn2)CC[C@H]1N1CCc2ccccc2C1. The van der Waals surface area contributed by atoms with Gasteiger partial charge >= 0.3 is 0 Å². The third-order valence-electron chi connectivity index (χ3n) is 7.67. The molecule has 2 fully saturated rings. The molecule has 188 valence electrons. The third kappa shape index (κ3) is 5.02. The number of hydrogen-bond acceptors (Lipinski definition) is 8. The zero-order valence-electron chi connectivity index (χ0n) is 20.6. The fourth-order valence-electron chi connectivity index (χ4n) is 5.67. The number of ether oxygens (including phenoxy) is 1. The van der Waals surface area contributed by atoms with Crippen LogP contribution in [0.2, 0.25) is 0 Å². The standard InChI is InChI=1S/C28H34N6O2/c35-26-19-34(12-10-25(26)33-11-9-21-3-1-2-4-22(21)18-33)28-17-27(29-20-30-28)31-23-5-7-24(8-6-23)32-13-15-36-16-14-32/h1-8,17,20,25-26,35H,9-16,18-19H2,(H,29,30,31)/t25-,26-/m1/s1. The van der Waals surface area contributed by atoms with Crippen molar-refractivity contribution < 1.29 is 9.84 Å². The average molecular weight is 487 g/mol. The maximum Gasteiger partial charge on any atom is 0.135 e. The topological polar surface area (TPSA) is 77.0 Å². The zero-order valence-corrected chi connectivity index (χ0v) is 20.6. The minimum Gasteiger partial charge on any atom is -0.390 e. The van der Waals surface area contributed by atoms with Crippen LogP contribution in [-0.4, -0.2) is 78.1 Å². The van der Waals surface area contributed by atoms with Gasteiger partial charge in [-0.2, -0.15) is 0 Å². The Morgan fingerprint density at radius 1 is 0.889 bits per heavy atom. The molecule has 3 aliphatic heterocycles. The van der Waals surface area contributed by atoms with Crippen LogP contribution in [0, 0.1) is 0 Å². The van der Waals surface area contributed by atoms with E-state index in [1.165, 1.54) is 16.8 Å². The highest BCUT2D eigenvalue weighted by Crippen LogP contribution is 2.28. The number of piperidine rings is 1. The molecule has 6 rings (SSSR count). The molecule has 4 heterocycles. The second-order valence-corrected chi connectivity index (χ2v) is 9.89. The summed E-state index contributed by atoms with van der Waals surface area (Å²) >= 11 is 0. The van der Waals surface area contributed by atoms with Crippen molar-refractivity contribution in [2.24, 2.45) is 0 Å². The highest BCUT2D eigenvalue weighted by atomic mass is 16.5. The first kappa shape index (κ1) is 23.2. The number of aliphatic hydroxyl groups is 1. The Balaban J connectivity index is 1.07. The van der Waals surface area contributed by atoms with Gasteiger partial charge in [0.05, 0.1) is 19.3 Å². The quantitative estimate of drug-likeness (QED) is 0.570. The van der Waals surface area contributed by atoms with Gasteiger partial charge in [-0.1, -0.05) is 24.3 Å². The third-order valence-corrected chi connectivity index (χ3v) is 7.67. The molecule has 2 N–H and O–H groups in total. The van der Waals surface area contributed by atoms with Crippen LogP contribution >= 0.6 is 0 Å². The first-order chi connectivity index (χ1) is 17.7. The predicted octanol–water partition coefficient (Wildman–Crippen LogP) is 3.05. The molecule has 2 aromatic carbocycles. The van der Waals surface area contributed by atoms with Crippen molar-refractivity contribution in [3.8, 4) is 0 Å². The number of β-amino-alcohol motifs (C(OH)–C–C–N with tert-alkyl or cyclic N) is 1. The number of hydrogen-bond donors (Lipinski definition) is 2. The van der Waals surface area contributed by atoms with E-state index >= 15 is 0 Å². The van der Waals surface area contributed by atoms with Crippen LogP contribution in [-0.2, 0) is 17.7 Å². The van der Waals surface area contributed by atoms with Gasteiger partial charge in [0.2, 0.25) is 0 Å². The molecule has 0 unspecified atom stereocenters. The van der Waals surface area contributed by atoms with Gasteiger partial charge in [0.1, 0.15) is 18.0 Å². The lowest BCUT2D eigenvalue weighted by Gasteiger charge is -2.43. The summed E-state index contributed by atoms with van der Waals surface area (Å²) in [4.78, 5) is 15.9. The van der Waals surface area contributed by atoms with Gasteiger partial charge in [-0.05, 0) is 48.2 Å². The molecule has 0 amide bonds. The molecule has 1 aromatic heterocycles. The fourth-order valence-corrected chi connectivity index (χ4v) is 5.67. The Morgan fingerprint density at radius 2 is 1.69 bits per heavy atom.